The summed E-state index contributed by atoms with van der Waals surface area (Å²) in [5.74, 6) is 2.07. The molecule has 1 heterocycles. The molecule has 3 heteroatoms. The Kier molecular flexibility index (Phi) is 2.33. The Balaban J connectivity index is 2.23. The molecule has 0 amide bonds. The molecule has 1 aliphatic heterocycles. The van der Waals surface area contributed by atoms with Gasteiger partial charge >= 0.3 is 0 Å². The number of ether oxygens (including phenoxy) is 2. The van der Waals surface area contributed by atoms with Gasteiger partial charge in [-0.3, -0.25) is 0 Å². The molecule has 1 aliphatic carbocycles. The quantitative estimate of drug-likeness (QED) is 0.867. The van der Waals surface area contributed by atoms with Crippen LogP contribution < -0.4 is 15.2 Å². The van der Waals surface area contributed by atoms with E-state index >= 15 is 0 Å². The Bertz CT molecular complexity index is 460. The average Bonchev–Trinajstić information content (AvgIpc) is 2.99. The molecule has 3 rings (SSSR count). The molecular weight excluding hydrogens is 214 g/mol. The van der Waals surface area contributed by atoms with E-state index in [1.165, 1.54) is 24.0 Å². The van der Waals surface area contributed by atoms with Crippen molar-refractivity contribution in [2.75, 3.05) is 20.3 Å². The summed E-state index contributed by atoms with van der Waals surface area (Å²) in [5, 5.41) is 0. The van der Waals surface area contributed by atoms with Crippen LogP contribution in [0.2, 0.25) is 0 Å². The molecule has 0 spiro atoms. The fourth-order valence-corrected chi connectivity index (χ4v) is 2.98. The third-order valence-corrected chi connectivity index (χ3v) is 4.12. The highest BCUT2D eigenvalue weighted by Gasteiger charge is 2.47. The Morgan fingerprint density at radius 1 is 1.47 bits per heavy atom. The fraction of sp³-hybridized carbons (Fsp3) is 0.571. The first-order valence-electron chi connectivity index (χ1n) is 6.25. The van der Waals surface area contributed by atoms with Crippen molar-refractivity contribution in [2.45, 2.75) is 31.6 Å². The monoisotopic (exact) mass is 233 g/mol. The third kappa shape index (κ3) is 1.45. The number of nitrogens with two attached hydrogens (primary N) is 1. The fourth-order valence-electron chi connectivity index (χ4n) is 2.98. The zero-order valence-corrected chi connectivity index (χ0v) is 10.5. The lowest BCUT2D eigenvalue weighted by atomic mass is 9.87. The van der Waals surface area contributed by atoms with Gasteiger partial charge in [-0.15, -0.1) is 0 Å². The Labute approximate surface area is 102 Å². The Morgan fingerprint density at radius 3 is 2.82 bits per heavy atom. The maximum atomic E-state index is 5.97. The van der Waals surface area contributed by atoms with E-state index in [4.69, 9.17) is 15.2 Å². The predicted octanol–water partition coefficient (Wildman–Crippen LogP) is 1.93. The molecular formula is C14H19NO2. The van der Waals surface area contributed by atoms with Gasteiger partial charge < -0.3 is 15.2 Å². The van der Waals surface area contributed by atoms with Crippen LogP contribution in [0.5, 0.6) is 11.5 Å². The summed E-state index contributed by atoms with van der Waals surface area (Å²) in [7, 11) is 1.75. The molecule has 2 aliphatic rings. The maximum absolute atomic E-state index is 5.97. The summed E-state index contributed by atoms with van der Waals surface area (Å²) >= 11 is 0. The molecule has 1 saturated carbocycles. The highest BCUT2D eigenvalue weighted by molar-refractivity contribution is 5.59. The first-order chi connectivity index (χ1) is 8.22. The van der Waals surface area contributed by atoms with E-state index in [-0.39, 0.29) is 5.41 Å². The molecule has 17 heavy (non-hydrogen) atoms. The number of methoxy groups -OCH3 is 1. The number of rotatable bonds is 3. The van der Waals surface area contributed by atoms with E-state index in [9.17, 15) is 0 Å². The summed E-state index contributed by atoms with van der Waals surface area (Å²) in [6.45, 7) is 3.58. The van der Waals surface area contributed by atoms with Gasteiger partial charge in [-0.05, 0) is 31.4 Å². The third-order valence-electron chi connectivity index (χ3n) is 4.12. The summed E-state index contributed by atoms with van der Waals surface area (Å²) in [6, 6.07) is 2.09. The second kappa shape index (κ2) is 3.64. The molecule has 0 saturated heterocycles. The van der Waals surface area contributed by atoms with Crippen LogP contribution in [0.4, 0.5) is 0 Å². The van der Waals surface area contributed by atoms with Gasteiger partial charge in [-0.2, -0.15) is 0 Å². The molecule has 0 radical (unpaired) electrons. The molecule has 1 fully saturated rings. The molecule has 0 atom stereocenters. The first-order valence-corrected chi connectivity index (χ1v) is 6.25. The lowest BCUT2D eigenvalue weighted by Gasteiger charge is -2.22. The number of aryl methyl sites for hydroxylation is 1. The first kappa shape index (κ1) is 10.9. The van der Waals surface area contributed by atoms with Gasteiger partial charge in [-0.1, -0.05) is 0 Å². The highest BCUT2D eigenvalue weighted by atomic mass is 16.5. The van der Waals surface area contributed by atoms with E-state index in [0.717, 1.165) is 30.1 Å². The van der Waals surface area contributed by atoms with Gasteiger partial charge in [-0.25, -0.2) is 0 Å². The van der Waals surface area contributed by atoms with E-state index in [1.54, 1.807) is 7.11 Å². The van der Waals surface area contributed by atoms with Crippen molar-refractivity contribution in [1.29, 1.82) is 0 Å². The second-order valence-electron chi connectivity index (χ2n) is 5.16. The minimum atomic E-state index is 0.162. The number of fused-ring (bicyclic) bond motifs is 1. The minimum absolute atomic E-state index is 0.162. The van der Waals surface area contributed by atoms with Crippen molar-refractivity contribution < 1.29 is 9.47 Å². The van der Waals surface area contributed by atoms with Gasteiger partial charge in [0.2, 0.25) is 0 Å². The average molecular weight is 233 g/mol. The van der Waals surface area contributed by atoms with Crippen LogP contribution in [-0.2, 0) is 11.8 Å². The molecule has 0 aromatic heterocycles. The SMILES string of the molecule is COc1c(C)cc2c(c1C1(CN)CC1)CCO2. The van der Waals surface area contributed by atoms with Crippen LogP contribution in [0, 0.1) is 6.92 Å². The smallest absolute Gasteiger partial charge is 0.126 e. The largest absolute Gasteiger partial charge is 0.496 e. The number of benzene rings is 1. The van der Waals surface area contributed by atoms with Crippen LogP contribution in [0.3, 0.4) is 0 Å². The van der Waals surface area contributed by atoms with Crippen LogP contribution in [-0.4, -0.2) is 20.3 Å². The molecule has 3 nitrogen and oxygen atoms in total. The van der Waals surface area contributed by atoms with Gasteiger partial charge in [0.15, 0.2) is 0 Å². The minimum Gasteiger partial charge on any atom is -0.496 e. The van der Waals surface area contributed by atoms with E-state index in [2.05, 4.69) is 13.0 Å². The summed E-state index contributed by atoms with van der Waals surface area (Å²) in [5.41, 5.74) is 9.95. The molecule has 1 aromatic rings. The van der Waals surface area contributed by atoms with Gasteiger partial charge in [0.1, 0.15) is 11.5 Å². The van der Waals surface area contributed by atoms with E-state index in [1.807, 2.05) is 0 Å². The lowest BCUT2D eigenvalue weighted by Crippen LogP contribution is -2.22. The zero-order chi connectivity index (χ0) is 12.0. The normalized spacial score (nSPS) is 19.7. The van der Waals surface area contributed by atoms with Crippen LogP contribution in [0.25, 0.3) is 0 Å². The van der Waals surface area contributed by atoms with Crippen molar-refractivity contribution in [1.82, 2.24) is 0 Å². The Hall–Kier alpha value is -1.22. The second-order valence-corrected chi connectivity index (χ2v) is 5.16. The highest BCUT2D eigenvalue weighted by Crippen LogP contribution is 2.55. The zero-order valence-electron chi connectivity index (χ0n) is 10.5. The molecule has 0 bridgehead atoms. The van der Waals surface area contributed by atoms with Crippen LogP contribution in [0.1, 0.15) is 29.5 Å². The van der Waals surface area contributed by atoms with E-state index < -0.39 is 0 Å². The van der Waals surface area contributed by atoms with Crippen molar-refractivity contribution >= 4 is 0 Å². The standard InChI is InChI=1S/C14H19NO2/c1-9-7-11-10(3-6-17-11)12(13(9)16-2)14(8-15)4-5-14/h7H,3-6,8,15H2,1-2H3. The number of hydrogen-bond acceptors (Lipinski definition) is 3. The topological polar surface area (TPSA) is 44.5 Å². The van der Waals surface area contributed by atoms with Crippen LogP contribution in [0.15, 0.2) is 6.07 Å². The van der Waals surface area contributed by atoms with Crippen LogP contribution >= 0.6 is 0 Å². The van der Waals surface area contributed by atoms with Crippen molar-refractivity contribution in [2.24, 2.45) is 5.73 Å². The molecule has 0 unspecified atom stereocenters. The van der Waals surface area contributed by atoms with Gasteiger partial charge in [0.25, 0.3) is 0 Å². The van der Waals surface area contributed by atoms with Crippen molar-refractivity contribution in [3.05, 3.63) is 22.8 Å². The molecule has 2 N–H and O–H groups in total. The van der Waals surface area contributed by atoms with Crippen molar-refractivity contribution in [3.63, 3.8) is 0 Å². The predicted molar refractivity (Wildman–Crippen MR) is 66.9 cm³/mol. The number of hydrogen-bond donors (Lipinski definition) is 1. The molecule has 1 aromatic carbocycles. The molecule has 92 valence electrons. The summed E-state index contributed by atoms with van der Waals surface area (Å²) in [6.07, 6.45) is 3.34. The van der Waals surface area contributed by atoms with Crippen molar-refractivity contribution in [3.8, 4) is 11.5 Å². The summed E-state index contributed by atoms with van der Waals surface area (Å²) in [4.78, 5) is 0. The maximum Gasteiger partial charge on any atom is 0.126 e. The Morgan fingerprint density at radius 2 is 2.24 bits per heavy atom. The van der Waals surface area contributed by atoms with Gasteiger partial charge in [0.05, 0.1) is 13.7 Å². The van der Waals surface area contributed by atoms with Gasteiger partial charge in [0, 0.05) is 29.5 Å². The lowest BCUT2D eigenvalue weighted by molar-refractivity contribution is 0.356. The van der Waals surface area contributed by atoms with E-state index in [0.29, 0.717) is 6.54 Å². The summed E-state index contributed by atoms with van der Waals surface area (Å²) < 4.78 is 11.3.